The molecule has 3 heterocycles. The second kappa shape index (κ2) is 6.68. The molecular formula is C17H17ClN6O. The van der Waals surface area contributed by atoms with Crippen molar-refractivity contribution in [2.75, 3.05) is 23.3 Å². The Kier molecular flexibility index (Phi) is 4.23. The maximum Gasteiger partial charge on any atom is 0.229 e. The highest BCUT2D eigenvalue weighted by Gasteiger charge is 2.27. The summed E-state index contributed by atoms with van der Waals surface area (Å²) in [7, 11) is 0. The van der Waals surface area contributed by atoms with Crippen LogP contribution >= 0.6 is 11.6 Å². The van der Waals surface area contributed by atoms with Crippen LogP contribution in [0.1, 0.15) is 12.8 Å². The Labute approximate surface area is 149 Å². The standard InChI is InChI=1S/C17H17ClN6O/c18-13-4-1-5-14(9-13)20-17(25)12-3-2-8-23(10-12)16-7-6-15-21-19-11-24(15)22-16/h1,4-7,9,11-12H,2-3,8,10H2,(H,20,25)/t12-/m0/s1. The number of hydrogen-bond acceptors (Lipinski definition) is 5. The van der Waals surface area contributed by atoms with Gasteiger partial charge in [0.2, 0.25) is 5.91 Å². The van der Waals surface area contributed by atoms with Crippen LogP contribution in [0.25, 0.3) is 5.65 Å². The predicted molar refractivity (Wildman–Crippen MR) is 95.8 cm³/mol. The van der Waals surface area contributed by atoms with E-state index in [1.807, 2.05) is 24.3 Å². The second-order valence-electron chi connectivity index (χ2n) is 6.11. The molecule has 0 radical (unpaired) electrons. The summed E-state index contributed by atoms with van der Waals surface area (Å²) in [4.78, 5) is 14.7. The SMILES string of the molecule is O=C(Nc1cccc(Cl)c1)[C@H]1CCCN(c2ccc3nncn3n2)C1. The minimum absolute atomic E-state index is 0.0114. The van der Waals surface area contributed by atoms with E-state index in [9.17, 15) is 4.79 Å². The van der Waals surface area contributed by atoms with Gasteiger partial charge in [0, 0.05) is 23.8 Å². The number of carbonyl (C=O) groups is 1. The Morgan fingerprint density at radius 3 is 3.08 bits per heavy atom. The summed E-state index contributed by atoms with van der Waals surface area (Å²) in [6.45, 7) is 1.51. The van der Waals surface area contributed by atoms with Crippen molar-refractivity contribution in [2.45, 2.75) is 12.8 Å². The van der Waals surface area contributed by atoms with Gasteiger partial charge in [-0.05, 0) is 43.2 Å². The fourth-order valence-corrected chi connectivity index (χ4v) is 3.29. The van der Waals surface area contributed by atoms with E-state index in [1.165, 1.54) is 0 Å². The van der Waals surface area contributed by atoms with E-state index in [2.05, 4.69) is 25.5 Å². The highest BCUT2D eigenvalue weighted by Crippen LogP contribution is 2.23. The molecule has 1 atom stereocenters. The van der Waals surface area contributed by atoms with Crippen LogP contribution in [0.4, 0.5) is 11.5 Å². The summed E-state index contributed by atoms with van der Waals surface area (Å²) < 4.78 is 1.64. The molecule has 1 aliphatic rings. The molecule has 2 aromatic heterocycles. The van der Waals surface area contributed by atoms with Gasteiger partial charge in [0.25, 0.3) is 0 Å². The fraction of sp³-hybridized carbons (Fsp3) is 0.294. The third-order valence-electron chi connectivity index (χ3n) is 4.36. The van der Waals surface area contributed by atoms with E-state index in [-0.39, 0.29) is 11.8 Å². The fourth-order valence-electron chi connectivity index (χ4n) is 3.10. The van der Waals surface area contributed by atoms with Gasteiger partial charge >= 0.3 is 0 Å². The first kappa shape index (κ1) is 15.8. The first-order valence-corrected chi connectivity index (χ1v) is 8.55. The molecule has 0 saturated carbocycles. The third-order valence-corrected chi connectivity index (χ3v) is 4.59. The Morgan fingerprint density at radius 2 is 2.20 bits per heavy atom. The molecule has 0 spiro atoms. The van der Waals surface area contributed by atoms with Gasteiger partial charge in [0.1, 0.15) is 12.1 Å². The van der Waals surface area contributed by atoms with Crippen LogP contribution in [0.15, 0.2) is 42.7 Å². The number of carbonyl (C=O) groups excluding carboxylic acids is 1. The van der Waals surface area contributed by atoms with Crippen LogP contribution in [-0.2, 0) is 4.79 Å². The molecule has 1 saturated heterocycles. The number of hydrogen-bond donors (Lipinski definition) is 1. The molecule has 3 aromatic rings. The summed E-state index contributed by atoms with van der Waals surface area (Å²) in [6, 6.07) is 11.0. The number of halogens is 1. The minimum atomic E-state index is -0.0915. The molecule has 1 N–H and O–H groups in total. The topological polar surface area (TPSA) is 75.4 Å². The molecule has 1 amide bonds. The molecule has 1 aliphatic heterocycles. The first-order chi connectivity index (χ1) is 12.2. The number of fused-ring (bicyclic) bond motifs is 1. The van der Waals surface area contributed by atoms with Crippen molar-refractivity contribution in [3.8, 4) is 0 Å². The number of anilines is 2. The van der Waals surface area contributed by atoms with E-state index in [4.69, 9.17) is 11.6 Å². The quantitative estimate of drug-likeness (QED) is 0.780. The molecule has 0 aliphatic carbocycles. The Morgan fingerprint density at radius 1 is 1.28 bits per heavy atom. The lowest BCUT2D eigenvalue weighted by Gasteiger charge is -2.32. The van der Waals surface area contributed by atoms with Crippen molar-refractivity contribution >= 4 is 34.7 Å². The zero-order chi connectivity index (χ0) is 17.2. The largest absolute Gasteiger partial charge is 0.354 e. The zero-order valence-corrected chi connectivity index (χ0v) is 14.2. The summed E-state index contributed by atoms with van der Waals surface area (Å²) in [5.41, 5.74) is 1.43. The van der Waals surface area contributed by atoms with Gasteiger partial charge < -0.3 is 10.2 Å². The summed E-state index contributed by atoms with van der Waals surface area (Å²) >= 11 is 5.98. The van der Waals surface area contributed by atoms with Gasteiger partial charge in [-0.3, -0.25) is 4.79 Å². The van der Waals surface area contributed by atoms with Gasteiger partial charge in [-0.1, -0.05) is 17.7 Å². The molecule has 0 bridgehead atoms. The molecule has 1 aromatic carbocycles. The molecule has 8 heteroatoms. The van der Waals surface area contributed by atoms with Crippen LogP contribution in [-0.4, -0.2) is 38.8 Å². The van der Waals surface area contributed by atoms with E-state index in [1.54, 1.807) is 23.0 Å². The number of amides is 1. The van der Waals surface area contributed by atoms with Crippen LogP contribution in [0.2, 0.25) is 5.02 Å². The molecule has 0 unspecified atom stereocenters. The normalized spacial score (nSPS) is 17.6. The summed E-state index contributed by atoms with van der Waals surface area (Å²) in [5.74, 6) is 0.746. The number of benzene rings is 1. The summed E-state index contributed by atoms with van der Waals surface area (Å²) in [6.07, 6.45) is 3.37. The molecule has 128 valence electrons. The molecular weight excluding hydrogens is 340 g/mol. The van der Waals surface area contributed by atoms with Gasteiger partial charge in [-0.15, -0.1) is 15.3 Å². The minimum Gasteiger partial charge on any atom is -0.354 e. The average molecular weight is 357 g/mol. The monoisotopic (exact) mass is 356 g/mol. The van der Waals surface area contributed by atoms with Gasteiger partial charge in [-0.2, -0.15) is 4.52 Å². The maximum absolute atomic E-state index is 12.6. The number of nitrogens with zero attached hydrogens (tertiary/aromatic N) is 5. The highest BCUT2D eigenvalue weighted by atomic mass is 35.5. The Bertz CT molecular complexity index is 911. The van der Waals surface area contributed by atoms with Crippen LogP contribution in [0.3, 0.4) is 0 Å². The van der Waals surface area contributed by atoms with Gasteiger partial charge in [-0.25, -0.2) is 0 Å². The van der Waals surface area contributed by atoms with Crippen molar-refractivity contribution < 1.29 is 4.79 Å². The molecule has 1 fully saturated rings. The average Bonchev–Trinajstić information content (AvgIpc) is 3.09. The van der Waals surface area contributed by atoms with Gasteiger partial charge in [0.15, 0.2) is 5.65 Å². The van der Waals surface area contributed by atoms with E-state index < -0.39 is 0 Å². The van der Waals surface area contributed by atoms with E-state index in [0.717, 1.165) is 30.9 Å². The molecule has 25 heavy (non-hydrogen) atoms. The Hall–Kier alpha value is -2.67. The third kappa shape index (κ3) is 3.41. The van der Waals surface area contributed by atoms with E-state index in [0.29, 0.717) is 17.2 Å². The van der Waals surface area contributed by atoms with Gasteiger partial charge in [0.05, 0.1) is 5.92 Å². The number of aromatic nitrogens is 4. The Balaban J connectivity index is 1.47. The van der Waals surface area contributed by atoms with Crippen LogP contribution in [0, 0.1) is 5.92 Å². The number of nitrogens with one attached hydrogen (secondary N) is 1. The highest BCUT2D eigenvalue weighted by molar-refractivity contribution is 6.30. The first-order valence-electron chi connectivity index (χ1n) is 8.17. The van der Waals surface area contributed by atoms with Crippen LogP contribution in [0.5, 0.6) is 0 Å². The molecule has 4 rings (SSSR count). The number of rotatable bonds is 3. The number of piperidine rings is 1. The lowest BCUT2D eigenvalue weighted by atomic mass is 9.97. The van der Waals surface area contributed by atoms with E-state index >= 15 is 0 Å². The van der Waals surface area contributed by atoms with Crippen molar-refractivity contribution in [3.05, 3.63) is 47.7 Å². The zero-order valence-electron chi connectivity index (χ0n) is 13.5. The maximum atomic E-state index is 12.6. The van der Waals surface area contributed by atoms with Crippen LogP contribution < -0.4 is 10.2 Å². The second-order valence-corrected chi connectivity index (χ2v) is 6.55. The van der Waals surface area contributed by atoms with Crippen molar-refractivity contribution in [1.82, 2.24) is 19.8 Å². The smallest absolute Gasteiger partial charge is 0.229 e. The van der Waals surface area contributed by atoms with Crippen molar-refractivity contribution in [2.24, 2.45) is 5.92 Å². The lowest BCUT2D eigenvalue weighted by Crippen LogP contribution is -2.41. The van der Waals surface area contributed by atoms with Crippen molar-refractivity contribution in [1.29, 1.82) is 0 Å². The van der Waals surface area contributed by atoms with Crippen molar-refractivity contribution in [3.63, 3.8) is 0 Å². The predicted octanol–water partition coefficient (Wildman–Crippen LogP) is 2.63. The molecule has 7 nitrogen and oxygen atoms in total. The lowest BCUT2D eigenvalue weighted by molar-refractivity contribution is -0.120. The summed E-state index contributed by atoms with van der Waals surface area (Å²) in [5, 5.41) is 15.9.